The molecule has 0 amide bonds. The summed E-state index contributed by atoms with van der Waals surface area (Å²) in [5.74, 6) is 0. The molecule has 17 heavy (non-hydrogen) atoms. The average Bonchev–Trinajstić information content (AvgIpc) is 2.30. The first-order valence-corrected chi connectivity index (χ1v) is 6.54. The van der Waals surface area contributed by atoms with Gasteiger partial charge in [0.15, 0.2) is 0 Å². The lowest BCUT2D eigenvalue weighted by Crippen LogP contribution is -2.37. The highest BCUT2D eigenvalue weighted by atomic mass is 16.1. The van der Waals surface area contributed by atoms with Crippen molar-refractivity contribution in [1.82, 2.24) is 9.47 Å². The third kappa shape index (κ3) is 3.19. The van der Waals surface area contributed by atoms with Gasteiger partial charge in [0.1, 0.15) is 0 Å². The van der Waals surface area contributed by atoms with E-state index in [4.69, 9.17) is 0 Å². The van der Waals surface area contributed by atoms with Crippen molar-refractivity contribution in [1.29, 1.82) is 0 Å². The van der Waals surface area contributed by atoms with Crippen molar-refractivity contribution < 1.29 is 0 Å². The van der Waals surface area contributed by atoms with Gasteiger partial charge in [-0.05, 0) is 51.4 Å². The first-order chi connectivity index (χ1) is 8.16. The molecule has 1 aromatic heterocycles. The predicted molar refractivity (Wildman–Crippen MR) is 70.3 cm³/mol. The van der Waals surface area contributed by atoms with E-state index in [2.05, 4.69) is 11.9 Å². The van der Waals surface area contributed by atoms with Crippen molar-refractivity contribution in [2.45, 2.75) is 45.2 Å². The zero-order valence-corrected chi connectivity index (χ0v) is 10.9. The van der Waals surface area contributed by atoms with Gasteiger partial charge in [-0.15, -0.1) is 0 Å². The van der Waals surface area contributed by atoms with E-state index in [1.165, 1.54) is 25.8 Å². The van der Waals surface area contributed by atoms with Crippen molar-refractivity contribution >= 4 is 0 Å². The van der Waals surface area contributed by atoms with Crippen LogP contribution in [-0.4, -0.2) is 29.1 Å². The molecular formula is C14H22N2O. The Bertz CT molecular complexity index is 424. The molecule has 0 aliphatic carbocycles. The lowest BCUT2D eigenvalue weighted by Gasteiger charge is -2.32. The standard InChI is InChI=1S/C14H22N2O/c1-12-6-9-16(14(17)11-12)10-7-13-5-3-4-8-15(13)2/h6,9,11,13H,3-5,7-8,10H2,1-2H3. The molecule has 1 saturated heterocycles. The first-order valence-electron chi connectivity index (χ1n) is 6.54. The fourth-order valence-electron chi connectivity index (χ4n) is 2.59. The molecule has 0 radical (unpaired) electrons. The third-order valence-corrected chi connectivity index (χ3v) is 3.78. The number of pyridine rings is 1. The second kappa shape index (κ2) is 5.50. The first kappa shape index (κ1) is 12.4. The average molecular weight is 234 g/mol. The molecule has 3 nitrogen and oxygen atoms in total. The van der Waals surface area contributed by atoms with E-state index < -0.39 is 0 Å². The molecule has 1 unspecified atom stereocenters. The van der Waals surface area contributed by atoms with E-state index >= 15 is 0 Å². The van der Waals surface area contributed by atoms with Gasteiger partial charge in [-0.1, -0.05) is 6.42 Å². The number of piperidine rings is 1. The Hall–Kier alpha value is -1.09. The molecular weight excluding hydrogens is 212 g/mol. The van der Waals surface area contributed by atoms with E-state index in [0.717, 1.165) is 18.5 Å². The number of aromatic nitrogens is 1. The Morgan fingerprint density at radius 3 is 2.94 bits per heavy atom. The summed E-state index contributed by atoms with van der Waals surface area (Å²) < 4.78 is 1.83. The van der Waals surface area contributed by atoms with Gasteiger partial charge in [0.25, 0.3) is 5.56 Å². The Morgan fingerprint density at radius 2 is 2.24 bits per heavy atom. The van der Waals surface area contributed by atoms with E-state index in [1.54, 1.807) is 6.07 Å². The monoisotopic (exact) mass is 234 g/mol. The maximum Gasteiger partial charge on any atom is 0.250 e. The highest BCUT2D eigenvalue weighted by molar-refractivity contribution is 5.07. The van der Waals surface area contributed by atoms with Crippen LogP contribution in [0.4, 0.5) is 0 Å². The fraction of sp³-hybridized carbons (Fsp3) is 0.643. The molecule has 0 saturated carbocycles. The number of rotatable bonds is 3. The number of hydrogen-bond donors (Lipinski definition) is 0. The van der Waals surface area contributed by atoms with Crippen LogP contribution < -0.4 is 5.56 Å². The summed E-state index contributed by atoms with van der Waals surface area (Å²) in [6.07, 6.45) is 6.92. The Morgan fingerprint density at radius 1 is 1.41 bits per heavy atom. The van der Waals surface area contributed by atoms with Gasteiger partial charge in [0.2, 0.25) is 0 Å². The summed E-state index contributed by atoms with van der Waals surface area (Å²) >= 11 is 0. The van der Waals surface area contributed by atoms with Crippen molar-refractivity contribution in [3.8, 4) is 0 Å². The Labute approximate surface area is 103 Å². The summed E-state index contributed by atoms with van der Waals surface area (Å²) in [5.41, 5.74) is 1.17. The SMILES string of the molecule is Cc1ccn(CCC2CCCCN2C)c(=O)c1. The number of hydrogen-bond acceptors (Lipinski definition) is 2. The van der Waals surface area contributed by atoms with Crippen LogP contribution in [0.3, 0.4) is 0 Å². The van der Waals surface area contributed by atoms with Crippen molar-refractivity contribution in [3.63, 3.8) is 0 Å². The number of aryl methyl sites for hydroxylation is 2. The van der Waals surface area contributed by atoms with Gasteiger partial charge >= 0.3 is 0 Å². The zero-order valence-electron chi connectivity index (χ0n) is 10.9. The molecule has 94 valence electrons. The molecule has 1 aromatic rings. The molecule has 0 spiro atoms. The van der Waals surface area contributed by atoms with Crippen LogP contribution in [0.5, 0.6) is 0 Å². The molecule has 1 atom stereocenters. The second-order valence-electron chi connectivity index (χ2n) is 5.15. The van der Waals surface area contributed by atoms with Gasteiger partial charge in [0.05, 0.1) is 0 Å². The van der Waals surface area contributed by atoms with Gasteiger partial charge in [-0.2, -0.15) is 0 Å². The lowest BCUT2D eigenvalue weighted by atomic mass is 10.0. The summed E-state index contributed by atoms with van der Waals surface area (Å²) in [4.78, 5) is 14.2. The number of nitrogens with zero attached hydrogens (tertiary/aromatic N) is 2. The van der Waals surface area contributed by atoms with Gasteiger partial charge in [-0.25, -0.2) is 0 Å². The van der Waals surface area contributed by atoms with Crippen LogP contribution in [0.25, 0.3) is 0 Å². The van der Waals surface area contributed by atoms with E-state index in [0.29, 0.717) is 6.04 Å². The molecule has 0 bridgehead atoms. The van der Waals surface area contributed by atoms with E-state index in [-0.39, 0.29) is 5.56 Å². The summed E-state index contributed by atoms with van der Waals surface area (Å²) in [7, 11) is 2.20. The minimum atomic E-state index is 0.128. The third-order valence-electron chi connectivity index (χ3n) is 3.78. The molecule has 3 heteroatoms. The maximum atomic E-state index is 11.7. The minimum absolute atomic E-state index is 0.128. The smallest absolute Gasteiger partial charge is 0.250 e. The van der Waals surface area contributed by atoms with Crippen LogP contribution >= 0.6 is 0 Å². The fourth-order valence-corrected chi connectivity index (χ4v) is 2.59. The van der Waals surface area contributed by atoms with E-state index in [9.17, 15) is 4.79 Å². The van der Waals surface area contributed by atoms with Crippen molar-refractivity contribution in [2.75, 3.05) is 13.6 Å². The molecule has 1 fully saturated rings. The van der Waals surface area contributed by atoms with Crippen LogP contribution in [-0.2, 0) is 6.54 Å². The Kier molecular flexibility index (Phi) is 4.00. The van der Waals surface area contributed by atoms with Gasteiger partial charge < -0.3 is 9.47 Å². The molecule has 0 N–H and O–H groups in total. The van der Waals surface area contributed by atoms with E-state index in [1.807, 2.05) is 23.8 Å². The zero-order chi connectivity index (χ0) is 12.3. The quantitative estimate of drug-likeness (QED) is 0.799. The van der Waals surface area contributed by atoms with Crippen LogP contribution in [0.1, 0.15) is 31.2 Å². The molecule has 0 aromatic carbocycles. The van der Waals surface area contributed by atoms with Crippen LogP contribution in [0.15, 0.2) is 23.1 Å². The van der Waals surface area contributed by atoms with Crippen molar-refractivity contribution in [3.05, 3.63) is 34.2 Å². The summed E-state index contributed by atoms with van der Waals surface area (Å²) in [5, 5.41) is 0. The summed E-state index contributed by atoms with van der Waals surface area (Å²) in [6, 6.07) is 4.37. The molecule has 2 heterocycles. The molecule has 1 aliphatic rings. The predicted octanol–water partition coefficient (Wildman–Crippen LogP) is 2.03. The topological polar surface area (TPSA) is 25.2 Å². The summed E-state index contributed by atoms with van der Waals surface area (Å²) in [6.45, 7) is 4.00. The highest BCUT2D eigenvalue weighted by Gasteiger charge is 2.18. The second-order valence-corrected chi connectivity index (χ2v) is 5.15. The van der Waals surface area contributed by atoms with Gasteiger partial charge in [-0.3, -0.25) is 4.79 Å². The van der Waals surface area contributed by atoms with Crippen LogP contribution in [0, 0.1) is 6.92 Å². The Balaban J connectivity index is 1.95. The maximum absolute atomic E-state index is 11.7. The minimum Gasteiger partial charge on any atom is -0.315 e. The van der Waals surface area contributed by atoms with Gasteiger partial charge in [0, 0.05) is 24.8 Å². The molecule has 2 rings (SSSR count). The van der Waals surface area contributed by atoms with Crippen LogP contribution in [0.2, 0.25) is 0 Å². The lowest BCUT2D eigenvalue weighted by molar-refractivity contribution is 0.170. The number of likely N-dealkylation sites (tertiary alicyclic amines) is 1. The largest absolute Gasteiger partial charge is 0.315 e. The van der Waals surface area contributed by atoms with Crippen molar-refractivity contribution in [2.24, 2.45) is 0 Å². The highest BCUT2D eigenvalue weighted by Crippen LogP contribution is 2.17. The molecule has 1 aliphatic heterocycles. The normalized spacial score (nSPS) is 21.6.